The van der Waals surface area contributed by atoms with Crippen LogP contribution in [0.4, 0.5) is 10.8 Å². The Morgan fingerprint density at radius 1 is 1.65 bits per heavy atom. The molecule has 1 unspecified atom stereocenters. The molecule has 1 amide bonds. The van der Waals surface area contributed by atoms with Gasteiger partial charge in [0.25, 0.3) is 5.91 Å². The van der Waals surface area contributed by atoms with Gasteiger partial charge in [-0.15, -0.1) is 0 Å². The third kappa shape index (κ3) is 2.36. The number of hydrogen-bond acceptors (Lipinski definition) is 5. The van der Waals surface area contributed by atoms with Crippen molar-refractivity contribution in [3.05, 3.63) is 5.56 Å². The van der Waals surface area contributed by atoms with E-state index in [1.165, 1.54) is 18.0 Å². The fourth-order valence-corrected chi connectivity index (χ4v) is 2.63. The zero-order valence-corrected chi connectivity index (χ0v) is 11.1. The number of rotatable bonds is 4. The van der Waals surface area contributed by atoms with Gasteiger partial charge in [-0.1, -0.05) is 13.8 Å². The van der Waals surface area contributed by atoms with E-state index in [9.17, 15) is 4.79 Å². The Morgan fingerprint density at radius 3 is 2.82 bits per heavy atom. The third-order valence-corrected chi connectivity index (χ3v) is 4.22. The molecule has 94 valence electrons. The summed E-state index contributed by atoms with van der Waals surface area (Å²) in [6.07, 6.45) is 1.23. The molecular formula is C11H18N4OS. The normalized spacial score (nSPS) is 21.0. The summed E-state index contributed by atoms with van der Waals surface area (Å²) in [5.74, 6) is 0.782. The lowest BCUT2D eigenvalue weighted by atomic mass is 10.1. The van der Waals surface area contributed by atoms with E-state index in [-0.39, 0.29) is 5.91 Å². The van der Waals surface area contributed by atoms with Crippen molar-refractivity contribution in [2.24, 2.45) is 11.3 Å². The van der Waals surface area contributed by atoms with Crippen molar-refractivity contribution in [2.45, 2.75) is 20.3 Å². The molecule has 0 saturated heterocycles. The number of nitrogens with zero attached hydrogens (tertiary/aromatic N) is 1. The van der Waals surface area contributed by atoms with Gasteiger partial charge < -0.3 is 16.4 Å². The molecule has 0 aliphatic heterocycles. The van der Waals surface area contributed by atoms with E-state index in [1.54, 1.807) is 7.05 Å². The molecule has 2 rings (SSSR count). The van der Waals surface area contributed by atoms with E-state index in [4.69, 9.17) is 5.73 Å². The minimum atomic E-state index is -0.186. The molecule has 1 saturated carbocycles. The molecule has 0 aromatic carbocycles. The Balaban J connectivity index is 2.04. The molecule has 1 aromatic rings. The maximum Gasteiger partial charge on any atom is 0.257 e. The SMILES string of the molecule is CNC(=O)c1c(N)nsc1NCC1CC1(C)C. The van der Waals surface area contributed by atoms with Gasteiger partial charge in [0.15, 0.2) is 5.82 Å². The molecule has 5 nitrogen and oxygen atoms in total. The fraction of sp³-hybridized carbons (Fsp3) is 0.636. The van der Waals surface area contributed by atoms with Crippen LogP contribution in [0.25, 0.3) is 0 Å². The summed E-state index contributed by atoms with van der Waals surface area (Å²) < 4.78 is 4.02. The van der Waals surface area contributed by atoms with Gasteiger partial charge in [-0.2, -0.15) is 4.37 Å². The quantitative estimate of drug-likeness (QED) is 0.761. The van der Waals surface area contributed by atoms with Gasteiger partial charge in [-0.3, -0.25) is 4.79 Å². The van der Waals surface area contributed by atoms with Crippen molar-refractivity contribution < 1.29 is 4.79 Å². The van der Waals surface area contributed by atoms with Crippen LogP contribution in [0.15, 0.2) is 0 Å². The molecule has 1 aromatic heterocycles. The molecule has 17 heavy (non-hydrogen) atoms. The minimum absolute atomic E-state index is 0.186. The van der Waals surface area contributed by atoms with Gasteiger partial charge in [-0.25, -0.2) is 0 Å². The number of aromatic nitrogens is 1. The van der Waals surface area contributed by atoms with Gasteiger partial charge in [0.1, 0.15) is 10.6 Å². The molecule has 1 aliphatic carbocycles. The highest BCUT2D eigenvalue weighted by Gasteiger charge is 2.45. The van der Waals surface area contributed by atoms with E-state index in [0.717, 1.165) is 11.5 Å². The van der Waals surface area contributed by atoms with Crippen molar-refractivity contribution in [1.29, 1.82) is 0 Å². The first kappa shape index (κ1) is 12.2. The summed E-state index contributed by atoms with van der Waals surface area (Å²) in [5, 5.41) is 6.63. The molecule has 0 spiro atoms. The maximum absolute atomic E-state index is 11.6. The van der Waals surface area contributed by atoms with Crippen LogP contribution in [0.1, 0.15) is 30.6 Å². The van der Waals surface area contributed by atoms with Gasteiger partial charge in [0.2, 0.25) is 0 Å². The Morgan fingerprint density at radius 2 is 2.29 bits per heavy atom. The number of carbonyl (C=O) groups excluding carboxylic acids is 1. The number of nitrogens with one attached hydrogen (secondary N) is 2. The van der Waals surface area contributed by atoms with Gasteiger partial charge in [0.05, 0.1) is 0 Å². The minimum Gasteiger partial charge on any atom is -0.382 e. The number of nitrogens with two attached hydrogens (primary N) is 1. The van der Waals surface area contributed by atoms with Crippen LogP contribution in [-0.2, 0) is 0 Å². The van der Waals surface area contributed by atoms with Crippen molar-refractivity contribution in [1.82, 2.24) is 9.69 Å². The molecule has 1 heterocycles. The zero-order chi connectivity index (χ0) is 12.6. The largest absolute Gasteiger partial charge is 0.382 e. The first-order valence-electron chi connectivity index (χ1n) is 5.67. The second-order valence-electron chi connectivity index (χ2n) is 5.12. The van der Waals surface area contributed by atoms with Crippen LogP contribution in [0.5, 0.6) is 0 Å². The van der Waals surface area contributed by atoms with E-state index < -0.39 is 0 Å². The first-order valence-corrected chi connectivity index (χ1v) is 6.44. The molecule has 1 fully saturated rings. The van der Waals surface area contributed by atoms with Gasteiger partial charge >= 0.3 is 0 Å². The average molecular weight is 254 g/mol. The lowest BCUT2D eigenvalue weighted by Crippen LogP contribution is -2.20. The van der Waals surface area contributed by atoms with E-state index in [2.05, 4.69) is 28.9 Å². The van der Waals surface area contributed by atoms with Crippen molar-refractivity contribution in [3.8, 4) is 0 Å². The summed E-state index contributed by atoms with van der Waals surface area (Å²) in [4.78, 5) is 11.6. The zero-order valence-electron chi connectivity index (χ0n) is 10.3. The highest BCUT2D eigenvalue weighted by atomic mass is 32.1. The van der Waals surface area contributed by atoms with Crippen LogP contribution in [-0.4, -0.2) is 23.9 Å². The maximum atomic E-state index is 11.6. The van der Waals surface area contributed by atoms with Crippen molar-refractivity contribution >= 4 is 28.3 Å². The molecule has 4 N–H and O–H groups in total. The summed E-state index contributed by atoms with van der Waals surface area (Å²) in [5.41, 5.74) is 6.59. The fourth-order valence-electron chi connectivity index (χ4n) is 1.91. The monoisotopic (exact) mass is 254 g/mol. The molecule has 0 bridgehead atoms. The van der Waals surface area contributed by atoms with Crippen molar-refractivity contribution in [3.63, 3.8) is 0 Å². The lowest BCUT2D eigenvalue weighted by Gasteiger charge is -2.07. The smallest absolute Gasteiger partial charge is 0.257 e. The highest BCUT2D eigenvalue weighted by Crippen LogP contribution is 2.51. The molecule has 0 radical (unpaired) electrons. The van der Waals surface area contributed by atoms with Crippen LogP contribution in [0.3, 0.4) is 0 Å². The molecule has 1 aliphatic rings. The van der Waals surface area contributed by atoms with Crippen LogP contribution >= 0.6 is 11.5 Å². The number of nitrogen functional groups attached to an aromatic ring is 1. The first-order chi connectivity index (χ1) is 7.95. The number of amides is 1. The second-order valence-corrected chi connectivity index (χ2v) is 5.89. The number of carbonyl (C=O) groups is 1. The Bertz CT molecular complexity index is 441. The summed E-state index contributed by atoms with van der Waals surface area (Å²) in [6.45, 7) is 5.37. The van der Waals surface area contributed by atoms with Crippen LogP contribution < -0.4 is 16.4 Å². The van der Waals surface area contributed by atoms with E-state index in [1.807, 2.05) is 0 Å². The molecule has 1 atom stereocenters. The summed E-state index contributed by atoms with van der Waals surface area (Å²) in [7, 11) is 1.59. The molecular weight excluding hydrogens is 236 g/mol. The molecule has 6 heteroatoms. The Labute approximate surface area is 105 Å². The predicted octanol–water partition coefficient (Wildman–Crippen LogP) is 1.54. The summed E-state index contributed by atoms with van der Waals surface area (Å²) >= 11 is 1.24. The van der Waals surface area contributed by atoms with E-state index >= 15 is 0 Å². The topological polar surface area (TPSA) is 80.0 Å². The second kappa shape index (κ2) is 4.18. The average Bonchev–Trinajstić information content (AvgIpc) is 2.71. The summed E-state index contributed by atoms with van der Waals surface area (Å²) in [6, 6.07) is 0. The van der Waals surface area contributed by atoms with Gasteiger partial charge in [-0.05, 0) is 29.3 Å². The van der Waals surface area contributed by atoms with Gasteiger partial charge in [0, 0.05) is 13.6 Å². The number of hydrogen-bond donors (Lipinski definition) is 3. The lowest BCUT2D eigenvalue weighted by molar-refractivity contribution is 0.0965. The predicted molar refractivity (Wildman–Crippen MR) is 70.3 cm³/mol. The van der Waals surface area contributed by atoms with E-state index in [0.29, 0.717) is 22.7 Å². The Hall–Kier alpha value is -1.30. The third-order valence-electron chi connectivity index (χ3n) is 3.40. The highest BCUT2D eigenvalue weighted by molar-refractivity contribution is 7.11. The number of anilines is 2. The Kier molecular flexibility index (Phi) is 2.99. The standard InChI is InChI=1S/C11H18N4OS/c1-11(2)4-6(11)5-14-10-7(9(16)13-3)8(12)15-17-10/h6,14H,4-5H2,1-3H3,(H2,12,15)(H,13,16). The van der Waals surface area contributed by atoms with Crippen LogP contribution in [0.2, 0.25) is 0 Å². The van der Waals surface area contributed by atoms with Crippen LogP contribution in [0, 0.1) is 11.3 Å². The van der Waals surface area contributed by atoms with Crippen molar-refractivity contribution in [2.75, 3.05) is 24.6 Å².